The van der Waals surface area contributed by atoms with E-state index in [-0.39, 0.29) is 10.5 Å². The van der Waals surface area contributed by atoms with Crippen LogP contribution in [0.4, 0.5) is 11.8 Å². The highest BCUT2D eigenvalue weighted by molar-refractivity contribution is 7.89. The Morgan fingerprint density at radius 1 is 1.06 bits per heavy atom. The number of aryl methyl sites for hydroxylation is 1. The second-order valence-corrected chi connectivity index (χ2v) is 10.1. The number of nitrogens with one attached hydrogen (secondary N) is 1. The van der Waals surface area contributed by atoms with E-state index < -0.39 is 10.0 Å². The Labute approximate surface area is 184 Å². The van der Waals surface area contributed by atoms with Gasteiger partial charge in [-0.3, -0.25) is 0 Å². The lowest BCUT2D eigenvalue weighted by Crippen LogP contribution is -2.49. The van der Waals surface area contributed by atoms with E-state index in [1.54, 1.807) is 12.1 Å². The van der Waals surface area contributed by atoms with E-state index in [9.17, 15) is 13.7 Å². The van der Waals surface area contributed by atoms with Crippen LogP contribution in [0.2, 0.25) is 0 Å². The van der Waals surface area contributed by atoms with Crippen molar-refractivity contribution in [2.24, 2.45) is 0 Å². The Balaban J connectivity index is 1.45. The summed E-state index contributed by atoms with van der Waals surface area (Å²) in [6, 6.07) is 10.7. The molecule has 0 amide bonds. The lowest BCUT2D eigenvalue weighted by atomic mass is 9.96. The first-order valence-corrected chi connectivity index (χ1v) is 12.3. The summed E-state index contributed by atoms with van der Waals surface area (Å²) in [7, 11) is -3.71. The Bertz CT molecular complexity index is 1070. The summed E-state index contributed by atoms with van der Waals surface area (Å²) < 4.78 is 27.6. The molecule has 2 fully saturated rings. The Morgan fingerprint density at radius 3 is 2.48 bits per heavy atom. The largest absolute Gasteiger partial charge is 0.354 e. The smallest absolute Gasteiger partial charge is 0.244 e. The third kappa shape index (κ3) is 4.81. The van der Waals surface area contributed by atoms with Crippen LogP contribution in [-0.2, 0) is 10.0 Å². The van der Waals surface area contributed by atoms with Crippen LogP contribution in [0.1, 0.15) is 43.4 Å². The lowest BCUT2D eigenvalue weighted by molar-refractivity contribution is 0.383. The normalized spacial score (nSPS) is 18.5. The van der Waals surface area contributed by atoms with E-state index in [0.717, 1.165) is 24.4 Å². The Morgan fingerprint density at radius 2 is 1.77 bits per heavy atom. The van der Waals surface area contributed by atoms with Gasteiger partial charge in [-0.1, -0.05) is 31.4 Å². The molecule has 1 aliphatic heterocycles. The standard InChI is InChI=1S/C22H28N6O2S/c1-17-15-21(26-22(24-17)25-19-8-3-2-4-9-19)27-11-13-28(14-12-27)31(29,30)20-10-6-5-7-18(20)16-23/h5-7,10,15,19H,2-4,8-9,11-14H2,1H3,(H,24,25,26). The molecule has 2 aromatic rings. The number of nitriles is 1. The van der Waals surface area contributed by atoms with Crippen molar-refractivity contribution in [3.05, 3.63) is 41.6 Å². The number of anilines is 2. The molecule has 1 aliphatic carbocycles. The molecule has 4 rings (SSSR count). The zero-order chi connectivity index (χ0) is 21.8. The van der Waals surface area contributed by atoms with Gasteiger partial charge >= 0.3 is 0 Å². The second-order valence-electron chi connectivity index (χ2n) is 8.17. The van der Waals surface area contributed by atoms with Gasteiger partial charge in [-0.05, 0) is 31.9 Å². The van der Waals surface area contributed by atoms with Crippen LogP contribution >= 0.6 is 0 Å². The summed E-state index contributed by atoms with van der Waals surface area (Å²) in [6.45, 7) is 3.71. The van der Waals surface area contributed by atoms with Gasteiger partial charge in [-0.2, -0.15) is 14.6 Å². The number of hydrogen-bond acceptors (Lipinski definition) is 7. The van der Waals surface area contributed by atoms with E-state index in [1.165, 1.54) is 35.7 Å². The van der Waals surface area contributed by atoms with Gasteiger partial charge in [0, 0.05) is 44.0 Å². The van der Waals surface area contributed by atoms with Crippen molar-refractivity contribution in [3.8, 4) is 6.07 Å². The first kappa shape index (κ1) is 21.5. The zero-order valence-corrected chi connectivity index (χ0v) is 18.6. The summed E-state index contributed by atoms with van der Waals surface area (Å²) in [5, 5.41) is 12.8. The lowest BCUT2D eigenvalue weighted by Gasteiger charge is -2.35. The van der Waals surface area contributed by atoms with Gasteiger partial charge in [-0.15, -0.1) is 0 Å². The fourth-order valence-corrected chi connectivity index (χ4v) is 5.85. The minimum Gasteiger partial charge on any atom is -0.354 e. The quantitative estimate of drug-likeness (QED) is 0.762. The topological polar surface area (TPSA) is 102 Å². The molecule has 8 nitrogen and oxygen atoms in total. The first-order valence-electron chi connectivity index (χ1n) is 10.8. The van der Waals surface area contributed by atoms with E-state index >= 15 is 0 Å². The zero-order valence-electron chi connectivity index (χ0n) is 17.8. The molecule has 31 heavy (non-hydrogen) atoms. The molecule has 0 bridgehead atoms. The van der Waals surface area contributed by atoms with Crippen molar-refractivity contribution >= 4 is 21.8 Å². The number of sulfonamides is 1. The van der Waals surface area contributed by atoms with Crippen molar-refractivity contribution in [2.75, 3.05) is 36.4 Å². The first-order chi connectivity index (χ1) is 15.0. The molecule has 0 spiro atoms. The Hall–Kier alpha value is -2.70. The molecule has 1 aromatic carbocycles. The van der Waals surface area contributed by atoms with Crippen LogP contribution in [0.5, 0.6) is 0 Å². The van der Waals surface area contributed by atoms with Crippen molar-refractivity contribution in [1.82, 2.24) is 14.3 Å². The Kier molecular flexibility index (Phi) is 6.39. The molecule has 164 valence electrons. The molecule has 0 atom stereocenters. The van der Waals surface area contributed by atoms with Crippen LogP contribution in [0, 0.1) is 18.3 Å². The maximum absolute atomic E-state index is 13.1. The molecular formula is C22H28N6O2S. The monoisotopic (exact) mass is 440 g/mol. The fraction of sp³-hybridized carbons (Fsp3) is 0.500. The minimum absolute atomic E-state index is 0.0720. The summed E-state index contributed by atoms with van der Waals surface area (Å²) in [5.41, 5.74) is 1.07. The third-order valence-corrected chi connectivity index (χ3v) is 7.92. The molecule has 2 heterocycles. The van der Waals surface area contributed by atoms with Crippen molar-refractivity contribution < 1.29 is 8.42 Å². The molecule has 0 unspecified atom stereocenters. The third-order valence-electron chi connectivity index (χ3n) is 5.97. The van der Waals surface area contributed by atoms with Gasteiger partial charge in [0.2, 0.25) is 16.0 Å². The number of nitrogens with zero attached hydrogens (tertiary/aromatic N) is 5. The highest BCUT2D eigenvalue weighted by Crippen LogP contribution is 2.25. The van der Waals surface area contributed by atoms with Gasteiger partial charge in [0.15, 0.2) is 0 Å². The number of rotatable bonds is 5. The number of aromatic nitrogens is 2. The molecule has 1 saturated heterocycles. The van der Waals surface area contributed by atoms with Gasteiger partial charge in [-0.25, -0.2) is 13.4 Å². The molecule has 1 aromatic heterocycles. The van der Waals surface area contributed by atoms with Gasteiger partial charge in [0.05, 0.1) is 10.5 Å². The van der Waals surface area contributed by atoms with E-state index in [0.29, 0.717) is 38.2 Å². The molecule has 1 N–H and O–H groups in total. The predicted octanol–water partition coefficient (Wildman–Crippen LogP) is 2.91. The highest BCUT2D eigenvalue weighted by atomic mass is 32.2. The number of piperazine rings is 1. The van der Waals surface area contributed by atoms with Crippen molar-refractivity contribution in [1.29, 1.82) is 5.26 Å². The van der Waals surface area contributed by atoms with E-state index in [1.807, 2.05) is 19.1 Å². The highest BCUT2D eigenvalue weighted by Gasteiger charge is 2.30. The summed E-state index contributed by atoms with van der Waals surface area (Å²) in [5.74, 6) is 1.47. The fourth-order valence-electron chi connectivity index (χ4n) is 4.29. The summed E-state index contributed by atoms with van der Waals surface area (Å²) in [6.07, 6.45) is 6.06. The van der Waals surface area contributed by atoms with E-state index in [2.05, 4.69) is 15.2 Å². The van der Waals surface area contributed by atoms with Gasteiger partial charge in [0.1, 0.15) is 11.9 Å². The van der Waals surface area contributed by atoms with Crippen molar-refractivity contribution in [2.45, 2.75) is 50.0 Å². The summed E-state index contributed by atoms with van der Waals surface area (Å²) in [4.78, 5) is 11.4. The number of benzene rings is 1. The summed E-state index contributed by atoms with van der Waals surface area (Å²) >= 11 is 0. The average Bonchev–Trinajstić information content (AvgIpc) is 2.79. The second kappa shape index (κ2) is 9.20. The predicted molar refractivity (Wildman–Crippen MR) is 119 cm³/mol. The maximum Gasteiger partial charge on any atom is 0.244 e. The molecule has 2 aliphatic rings. The molecule has 9 heteroatoms. The average molecular weight is 441 g/mol. The van der Waals surface area contributed by atoms with Gasteiger partial charge in [0.25, 0.3) is 0 Å². The molecular weight excluding hydrogens is 412 g/mol. The van der Waals surface area contributed by atoms with Crippen molar-refractivity contribution in [3.63, 3.8) is 0 Å². The van der Waals surface area contributed by atoms with Crippen LogP contribution in [-0.4, -0.2) is 54.9 Å². The van der Waals surface area contributed by atoms with Gasteiger partial charge < -0.3 is 10.2 Å². The minimum atomic E-state index is -3.71. The van der Waals surface area contributed by atoms with Crippen LogP contribution in [0.3, 0.4) is 0 Å². The van der Waals surface area contributed by atoms with Crippen LogP contribution in [0.25, 0.3) is 0 Å². The SMILES string of the molecule is Cc1cc(N2CCN(S(=O)(=O)c3ccccc3C#N)CC2)nc(NC2CCCCC2)n1. The molecule has 0 radical (unpaired) electrons. The van der Waals surface area contributed by atoms with Crippen LogP contribution in [0.15, 0.2) is 35.2 Å². The number of hydrogen-bond donors (Lipinski definition) is 1. The van der Waals surface area contributed by atoms with E-state index in [4.69, 9.17) is 4.98 Å². The molecule has 1 saturated carbocycles. The van der Waals surface area contributed by atoms with Crippen LogP contribution < -0.4 is 10.2 Å². The maximum atomic E-state index is 13.1.